The van der Waals surface area contributed by atoms with Crippen molar-refractivity contribution in [1.82, 2.24) is 9.88 Å². The summed E-state index contributed by atoms with van der Waals surface area (Å²) in [5, 5.41) is 6.99. The molecule has 1 atom stereocenters. The number of rotatable bonds is 6. The average Bonchev–Trinajstić information content (AvgIpc) is 3.54. The molecule has 1 aliphatic carbocycles. The third-order valence-corrected chi connectivity index (χ3v) is 8.01. The number of carbonyl (C=O) groups is 1. The van der Waals surface area contributed by atoms with Crippen molar-refractivity contribution in [2.45, 2.75) is 69.5 Å². The van der Waals surface area contributed by atoms with Crippen molar-refractivity contribution in [3.8, 4) is 0 Å². The highest BCUT2D eigenvalue weighted by atomic mass is 32.1. The van der Waals surface area contributed by atoms with Crippen molar-refractivity contribution >= 4 is 23.0 Å². The van der Waals surface area contributed by atoms with E-state index in [0.717, 1.165) is 30.7 Å². The van der Waals surface area contributed by atoms with Gasteiger partial charge in [0.1, 0.15) is 24.0 Å². The highest BCUT2D eigenvalue weighted by molar-refractivity contribution is 7.10. The van der Waals surface area contributed by atoms with Gasteiger partial charge < -0.3 is 14.5 Å². The lowest BCUT2D eigenvalue weighted by Gasteiger charge is -2.31. The summed E-state index contributed by atoms with van der Waals surface area (Å²) in [5.74, 6) is -0.908. The lowest BCUT2D eigenvalue weighted by molar-refractivity contribution is -0.139. The van der Waals surface area contributed by atoms with Gasteiger partial charge in [-0.15, -0.1) is 11.3 Å². The molecule has 5 rings (SSSR count). The lowest BCUT2D eigenvalue weighted by Crippen LogP contribution is -2.40. The Morgan fingerprint density at radius 1 is 1.12 bits per heavy atom. The van der Waals surface area contributed by atoms with Crippen molar-refractivity contribution in [2.24, 2.45) is 5.16 Å². The van der Waals surface area contributed by atoms with Gasteiger partial charge >= 0.3 is 0 Å². The van der Waals surface area contributed by atoms with Crippen molar-refractivity contribution < 1.29 is 23.1 Å². The molecular formula is C25H29F2N3O3S. The Morgan fingerprint density at radius 3 is 2.59 bits per heavy atom. The Labute approximate surface area is 201 Å². The van der Waals surface area contributed by atoms with Crippen LogP contribution < -0.4 is 0 Å². The van der Waals surface area contributed by atoms with Gasteiger partial charge in [0, 0.05) is 30.8 Å². The van der Waals surface area contributed by atoms with Crippen LogP contribution in [0.1, 0.15) is 79.7 Å². The summed E-state index contributed by atoms with van der Waals surface area (Å²) in [4.78, 5) is 24.6. The molecule has 1 saturated carbocycles. The molecule has 1 saturated heterocycles. The van der Waals surface area contributed by atoms with Crippen molar-refractivity contribution in [3.63, 3.8) is 0 Å². The fourth-order valence-corrected chi connectivity index (χ4v) is 6.00. The van der Waals surface area contributed by atoms with E-state index in [9.17, 15) is 13.6 Å². The minimum atomic E-state index is -0.786. The Morgan fingerprint density at radius 2 is 1.85 bits per heavy atom. The minimum absolute atomic E-state index is 0.0766. The molecule has 1 amide bonds. The summed E-state index contributed by atoms with van der Waals surface area (Å²) in [6.45, 7) is 1.58. The van der Waals surface area contributed by atoms with Crippen LogP contribution in [0.3, 0.4) is 0 Å². The number of benzene rings is 1. The van der Waals surface area contributed by atoms with E-state index in [1.165, 1.54) is 37.5 Å². The SMILES string of the molecule is O=C(COC1CCCCC1)N1CCC(c2nc(C3=NOC(c4c(F)cccc4F)C3)cs2)CC1. The highest BCUT2D eigenvalue weighted by Gasteiger charge is 2.31. The molecule has 0 N–H and O–H groups in total. The number of hydrogen-bond donors (Lipinski definition) is 0. The van der Waals surface area contributed by atoms with Gasteiger partial charge in [-0.3, -0.25) is 4.79 Å². The van der Waals surface area contributed by atoms with Crippen LogP contribution in [-0.2, 0) is 14.4 Å². The second-order valence-electron chi connectivity index (χ2n) is 9.27. The molecule has 2 aliphatic heterocycles. The van der Waals surface area contributed by atoms with E-state index in [0.29, 0.717) is 24.5 Å². The number of ether oxygens (including phenoxy) is 1. The second kappa shape index (κ2) is 10.5. The van der Waals surface area contributed by atoms with Crippen LogP contribution in [0.4, 0.5) is 8.78 Å². The van der Waals surface area contributed by atoms with Crippen molar-refractivity contribution in [3.05, 3.63) is 51.5 Å². The van der Waals surface area contributed by atoms with Crippen LogP contribution in [0, 0.1) is 11.6 Å². The third-order valence-electron chi connectivity index (χ3n) is 7.00. The number of aromatic nitrogens is 1. The predicted molar refractivity (Wildman–Crippen MR) is 125 cm³/mol. The topological polar surface area (TPSA) is 64.0 Å². The number of piperidine rings is 1. The van der Waals surface area contributed by atoms with Crippen molar-refractivity contribution in [2.75, 3.05) is 19.7 Å². The number of oxime groups is 1. The number of amides is 1. The van der Waals surface area contributed by atoms with Crippen LogP contribution >= 0.6 is 11.3 Å². The number of likely N-dealkylation sites (tertiary alicyclic amines) is 1. The molecule has 1 aromatic carbocycles. The molecule has 3 heterocycles. The molecule has 182 valence electrons. The lowest BCUT2D eigenvalue weighted by atomic mass is 9.97. The third kappa shape index (κ3) is 5.15. The zero-order chi connectivity index (χ0) is 23.5. The number of carbonyl (C=O) groups excluding carboxylic acids is 1. The van der Waals surface area contributed by atoms with Gasteiger partial charge in [-0.05, 0) is 37.8 Å². The normalized spacial score (nSPS) is 22.0. The Balaban J connectivity index is 1.12. The minimum Gasteiger partial charge on any atom is -0.387 e. The first-order valence-corrected chi connectivity index (χ1v) is 13.0. The Bertz CT molecular complexity index is 1030. The van der Waals surface area contributed by atoms with E-state index in [2.05, 4.69) is 5.16 Å². The Hall–Kier alpha value is -2.39. The monoisotopic (exact) mass is 489 g/mol. The van der Waals surface area contributed by atoms with Crippen molar-refractivity contribution in [1.29, 1.82) is 0 Å². The van der Waals surface area contributed by atoms with Gasteiger partial charge in [0.15, 0.2) is 6.10 Å². The van der Waals surface area contributed by atoms with Gasteiger partial charge in [-0.1, -0.05) is 30.5 Å². The summed E-state index contributed by atoms with van der Waals surface area (Å²) in [6, 6.07) is 3.78. The summed E-state index contributed by atoms with van der Waals surface area (Å²) >= 11 is 1.56. The van der Waals surface area contributed by atoms with Crippen LogP contribution in [0.25, 0.3) is 0 Å². The number of nitrogens with zero attached hydrogens (tertiary/aromatic N) is 3. The van der Waals surface area contributed by atoms with Crippen LogP contribution in [0.5, 0.6) is 0 Å². The van der Waals surface area contributed by atoms with Crippen LogP contribution in [-0.4, -0.2) is 47.3 Å². The first-order valence-electron chi connectivity index (χ1n) is 12.1. The Kier molecular flexibility index (Phi) is 7.20. The van der Waals surface area contributed by atoms with Crippen LogP contribution in [0.15, 0.2) is 28.7 Å². The zero-order valence-corrected chi connectivity index (χ0v) is 19.9. The van der Waals surface area contributed by atoms with Gasteiger partial charge in [-0.2, -0.15) is 0 Å². The summed E-state index contributed by atoms with van der Waals surface area (Å²) in [5.41, 5.74) is 1.20. The van der Waals surface area contributed by atoms with E-state index in [1.807, 2.05) is 10.3 Å². The molecule has 3 aliphatic rings. The maximum absolute atomic E-state index is 14.1. The molecule has 0 bridgehead atoms. The fourth-order valence-electron chi connectivity index (χ4n) is 5.00. The first kappa shape index (κ1) is 23.4. The molecule has 6 nitrogen and oxygen atoms in total. The van der Waals surface area contributed by atoms with Gasteiger partial charge in [0.05, 0.1) is 22.4 Å². The maximum atomic E-state index is 14.1. The molecule has 2 fully saturated rings. The van der Waals surface area contributed by atoms with Gasteiger partial charge in [0.25, 0.3) is 0 Å². The smallest absolute Gasteiger partial charge is 0.248 e. The van der Waals surface area contributed by atoms with E-state index >= 15 is 0 Å². The zero-order valence-electron chi connectivity index (χ0n) is 19.1. The molecule has 9 heteroatoms. The molecule has 2 aromatic rings. The molecule has 1 aromatic heterocycles. The number of thiazole rings is 1. The summed E-state index contributed by atoms with van der Waals surface area (Å²) in [6.07, 6.45) is 7.22. The molecule has 0 radical (unpaired) electrons. The quantitative estimate of drug-likeness (QED) is 0.549. The summed E-state index contributed by atoms with van der Waals surface area (Å²) in [7, 11) is 0. The van der Waals surface area contributed by atoms with E-state index in [1.54, 1.807) is 11.3 Å². The highest BCUT2D eigenvalue weighted by Crippen LogP contribution is 2.35. The van der Waals surface area contributed by atoms with E-state index in [4.69, 9.17) is 14.6 Å². The average molecular weight is 490 g/mol. The summed E-state index contributed by atoms with van der Waals surface area (Å²) < 4.78 is 34.0. The van der Waals surface area contributed by atoms with E-state index < -0.39 is 17.7 Å². The molecule has 1 unspecified atom stereocenters. The predicted octanol–water partition coefficient (Wildman–Crippen LogP) is 5.34. The standard InChI is InChI=1S/C25H29F2N3O3S/c26-18-7-4-8-19(27)24(18)22-13-20(29-33-22)21-15-34-25(28-21)16-9-11-30(12-10-16)23(31)14-32-17-5-2-1-3-6-17/h4,7-8,15-17,22H,1-3,5-6,9-14H2. The van der Waals surface area contributed by atoms with Gasteiger partial charge in [-0.25, -0.2) is 13.8 Å². The number of hydrogen-bond acceptors (Lipinski definition) is 6. The molecular weight excluding hydrogens is 460 g/mol. The maximum Gasteiger partial charge on any atom is 0.248 e. The van der Waals surface area contributed by atoms with E-state index in [-0.39, 0.29) is 36.5 Å². The molecule has 0 spiro atoms. The van der Waals surface area contributed by atoms with Gasteiger partial charge in [0.2, 0.25) is 5.91 Å². The molecule has 34 heavy (non-hydrogen) atoms. The fraction of sp³-hybridized carbons (Fsp3) is 0.560. The first-order chi connectivity index (χ1) is 16.6. The second-order valence-corrected chi connectivity index (χ2v) is 10.2. The van der Waals surface area contributed by atoms with Crippen LogP contribution in [0.2, 0.25) is 0 Å². The number of halogens is 2. The largest absolute Gasteiger partial charge is 0.387 e.